The van der Waals surface area contributed by atoms with Crippen molar-refractivity contribution in [3.8, 4) is 0 Å². The molecule has 0 aliphatic rings. The topological polar surface area (TPSA) is 35.5 Å². The van der Waals surface area contributed by atoms with Gasteiger partial charge in [-0.05, 0) is 18.9 Å². The number of methoxy groups -OCH3 is 1. The molecule has 0 amide bonds. The van der Waals surface area contributed by atoms with Crippen LogP contribution in [-0.2, 0) is 14.3 Å². The minimum atomic E-state index is -0.403. The van der Waals surface area contributed by atoms with Gasteiger partial charge in [0, 0.05) is 0 Å². The average molecular weight is 184 g/mol. The summed E-state index contributed by atoms with van der Waals surface area (Å²) in [6, 6.07) is 0. The number of hydrogen-bond donors (Lipinski definition) is 0. The minimum Gasteiger partial charge on any atom is -0.494 e. The smallest absolute Gasteiger partial charge is 0.333 e. The summed E-state index contributed by atoms with van der Waals surface area (Å²) in [5, 5.41) is 0. The molecule has 0 aliphatic heterocycles. The maximum absolute atomic E-state index is 10.7. The van der Waals surface area contributed by atoms with Crippen LogP contribution >= 0.6 is 0 Å². The fourth-order valence-electron chi connectivity index (χ4n) is 0.585. The molecule has 0 rings (SSSR count). The Morgan fingerprint density at radius 3 is 2.62 bits per heavy atom. The summed E-state index contributed by atoms with van der Waals surface area (Å²) in [5.41, 5.74) is 0.998. The lowest BCUT2D eigenvalue weighted by Gasteiger charge is -2.06. The van der Waals surface area contributed by atoms with Crippen molar-refractivity contribution in [1.29, 1.82) is 0 Å². The molecule has 0 aromatic heterocycles. The third-order valence-corrected chi connectivity index (χ3v) is 1.53. The van der Waals surface area contributed by atoms with Gasteiger partial charge < -0.3 is 9.47 Å². The van der Waals surface area contributed by atoms with Crippen molar-refractivity contribution in [3.05, 3.63) is 24.0 Å². The van der Waals surface area contributed by atoms with Gasteiger partial charge in [0.2, 0.25) is 0 Å². The molecular formula is C10H16O3. The first-order valence-electron chi connectivity index (χ1n) is 4.15. The van der Waals surface area contributed by atoms with Gasteiger partial charge in [0.15, 0.2) is 0 Å². The van der Waals surface area contributed by atoms with Crippen molar-refractivity contribution in [2.45, 2.75) is 20.3 Å². The quantitative estimate of drug-likeness (QED) is 0.284. The third-order valence-electron chi connectivity index (χ3n) is 1.53. The van der Waals surface area contributed by atoms with Gasteiger partial charge in [-0.15, -0.1) is 0 Å². The van der Waals surface area contributed by atoms with E-state index in [-0.39, 0.29) is 0 Å². The molecule has 13 heavy (non-hydrogen) atoms. The van der Waals surface area contributed by atoms with Crippen LogP contribution in [0.5, 0.6) is 0 Å². The molecule has 0 unspecified atom stereocenters. The second kappa shape index (κ2) is 6.29. The largest absolute Gasteiger partial charge is 0.494 e. The van der Waals surface area contributed by atoms with E-state index in [0.717, 1.165) is 12.0 Å². The monoisotopic (exact) mass is 184 g/mol. The zero-order chi connectivity index (χ0) is 10.3. The maximum atomic E-state index is 10.7. The Kier molecular flexibility index (Phi) is 5.68. The summed E-state index contributed by atoms with van der Waals surface area (Å²) in [6.07, 6.45) is 2.19. The van der Waals surface area contributed by atoms with E-state index in [1.165, 1.54) is 13.2 Å². The van der Waals surface area contributed by atoms with Crippen LogP contribution < -0.4 is 0 Å². The van der Waals surface area contributed by atoms with Gasteiger partial charge in [0.05, 0.1) is 13.2 Å². The first-order valence-corrected chi connectivity index (χ1v) is 4.15. The van der Waals surface area contributed by atoms with Gasteiger partial charge >= 0.3 is 5.97 Å². The zero-order valence-electron chi connectivity index (χ0n) is 8.42. The van der Waals surface area contributed by atoms with Gasteiger partial charge in [-0.2, -0.15) is 0 Å². The summed E-state index contributed by atoms with van der Waals surface area (Å²) >= 11 is 0. The molecular weight excluding hydrogens is 168 g/mol. The number of ether oxygens (including phenoxy) is 2. The van der Waals surface area contributed by atoms with Crippen LogP contribution in [0.1, 0.15) is 20.3 Å². The molecule has 0 saturated carbocycles. The minimum absolute atomic E-state index is 0.403. The lowest BCUT2D eigenvalue weighted by atomic mass is 10.2. The van der Waals surface area contributed by atoms with Crippen LogP contribution in [0.15, 0.2) is 24.0 Å². The lowest BCUT2D eigenvalue weighted by Crippen LogP contribution is -2.00. The predicted octanol–water partition coefficient (Wildman–Crippen LogP) is 2.05. The van der Waals surface area contributed by atoms with Crippen molar-refractivity contribution >= 4 is 5.97 Å². The lowest BCUT2D eigenvalue weighted by molar-refractivity contribution is -0.135. The Balaban J connectivity index is 3.86. The second-order valence-corrected chi connectivity index (χ2v) is 2.67. The van der Waals surface area contributed by atoms with Crippen molar-refractivity contribution in [2.75, 3.05) is 13.7 Å². The Bertz CT molecular complexity index is 216. The van der Waals surface area contributed by atoms with E-state index in [1.54, 1.807) is 6.92 Å². The molecule has 0 radical (unpaired) electrons. The molecule has 0 aromatic rings. The zero-order valence-corrected chi connectivity index (χ0v) is 8.42. The Labute approximate surface area is 79.0 Å². The van der Waals surface area contributed by atoms with E-state index in [9.17, 15) is 4.79 Å². The van der Waals surface area contributed by atoms with E-state index in [1.807, 2.05) is 6.92 Å². The van der Waals surface area contributed by atoms with Crippen LogP contribution in [0.2, 0.25) is 0 Å². The summed E-state index contributed by atoms with van der Waals surface area (Å²) in [7, 11) is 1.33. The highest BCUT2D eigenvalue weighted by Crippen LogP contribution is 2.02. The maximum Gasteiger partial charge on any atom is 0.333 e. The van der Waals surface area contributed by atoms with Crippen molar-refractivity contribution in [2.24, 2.45) is 0 Å². The van der Waals surface area contributed by atoms with Crippen LogP contribution in [0.25, 0.3) is 0 Å². The molecule has 0 aliphatic carbocycles. The normalized spacial score (nSPS) is 10.8. The van der Waals surface area contributed by atoms with Gasteiger partial charge in [-0.3, -0.25) is 0 Å². The molecule has 74 valence electrons. The highest BCUT2D eigenvalue weighted by atomic mass is 16.5. The standard InChI is InChI=1S/C10H16O3/c1-5-8(2)7-13-9(3)6-10(11)12-4/h6H,2,5,7H2,1,3-4H3/b9-6-. The first kappa shape index (κ1) is 11.8. The number of hydrogen-bond acceptors (Lipinski definition) is 3. The van der Waals surface area contributed by atoms with E-state index in [4.69, 9.17) is 4.74 Å². The van der Waals surface area contributed by atoms with Crippen LogP contribution in [0, 0.1) is 0 Å². The van der Waals surface area contributed by atoms with Crippen molar-refractivity contribution in [1.82, 2.24) is 0 Å². The van der Waals surface area contributed by atoms with Gasteiger partial charge in [0.25, 0.3) is 0 Å². The van der Waals surface area contributed by atoms with E-state index < -0.39 is 5.97 Å². The molecule has 3 heteroatoms. The van der Waals surface area contributed by atoms with Crippen LogP contribution in [0.4, 0.5) is 0 Å². The number of allylic oxidation sites excluding steroid dienone is 1. The fraction of sp³-hybridized carbons (Fsp3) is 0.500. The first-order chi connectivity index (χ1) is 6.10. The summed E-state index contributed by atoms with van der Waals surface area (Å²) in [6.45, 7) is 7.94. The Morgan fingerprint density at radius 1 is 1.54 bits per heavy atom. The van der Waals surface area contributed by atoms with Crippen molar-refractivity contribution in [3.63, 3.8) is 0 Å². The van der Waals surface area contributed by atoms with Gasteiger partial charge in [-0.25, -0.2) is 4.79 Å². The highest BCUT2D eigenvalue weighted by molar-refractivity contribution is 5.82. The summed E-state index contributed by atoms with van der Waals surface area (Å²) in [5.74, 6) is 0.140. The fourth-order valence-corrected chi connectivity index (χ4v) is 0.585. The van der Waals surface area contributed by atoms with Crippen LogP contribution in [-0.4, -0.2) is 19.7 Å². The molecule has 0 N–H and O–H groups in total. The number of carbonyl (C=O) groups is 1. The molecule has 0 heterocycles. The number of carbonyl (C=O) groups excluding carboxylic acids is 1. The Hall–Kier alpha value is -1.25. The molecule has 0 spiro atoms. The molecule has 3 nitrogen and oxygen atoms in total. The van der Waals surface area contributed by atoms with Crippen molar-refractivity contribution < 1.29 is 14.3 Å². The summed E-state index contributed by atoms with van der Waals surface area (Å²) < 4.78 is 9.66. The summed E-state index contributed by atoms with van der Waals surface area (Å²) in [4.78, 5) is 10.7. The van der Waals surface area contributed by atoms with Gasteiger partial charge in [0.1, 0.15) is 12.4 Å². The van der Waals surface area contributed by atoms with E-state index in [2.05, 4.69) is 11.3 Å². The SMILES string of the molecule is C=C(CC)CO/C(C)=C\C(=O)OC. The molecule has 0 atom stereocenters. The van der Waals surface area contributed by atoms with E-state index in [0.29, 0.717) is 12.4 Å². The molecule has 0 bridgehead atoms. The average Bonchev–Trinajstić information content (AvgIpc) is 2.13. The molecule has 0 fully saturated rings. The third kappa shape index (κ3) is 5.96. The molecule has 0 saturated heterocycles. The number of rotatable bonds is 5. The molecule has 0 aromatic carbocycles. The van der Waals surface area contributed by atoms with Gasteiger partial charge in [-0.1, -0.05) is 13.5 Å². The van der Waals surface area contributed by atoms with Crippen LogP contribution in [0.3, 0.4) is 0 Å². The second-order valence-electron chi connectivity index (χ2n) is 2.67. The predicted molar refractivity (Wildman–Crippen MR) is 51.2 cm³/mol. The highest BCUT2D eigenvalue weighted by Gasteiger charge is 1.97. The Morgan fingerprint density at radius 2 is 2.15 bits per heavy atom. The number of esters is 1. The van der Waals surface area contributed by atoms with E-state index >= 15 is 0 Å².